The third-order valence-corrected chi connectivity index (χ3v) is 2.32. The van der Waals surface area contributed by atoms with Crippen LogP contribution in [-0.2, 0) is 0 Å². The van der Waals surface area contributed by atoms with E-state index in [1.54, 1.807) is 13.0 Å². The van der Waals surface area contributed by atoms with Gasteiger partial charge in [0, 0.05) is 6.20 Å². The molecule has 18 heavy (non-hydrogen) atoms. The predicted octanol–water partition coefficient (Wildman–Crippen LogP) is 0.562. The van der Waals surface area contributed by atoms with E-state index >= 15 is 0 Å². The molecule has 0 radical (unpaired) electrons. The van der Waals surface area contributed by atoms with E-state index in [1.165, 1.54) is 18.6 Å². The molecule has 0 saturated carbocycles. The lowest BCUT2D eigenvalue weighted by Crippen LogP contribution is -2.28. The second kappa shape index (κ2) is 5.05. The minimum Gasteiger partial charge on any atom is -0.341 e. The second-order valence-corrected chi connectivity index (χ2v) is 3.61. The van der Waals surface area contributed by atoms with E-state index in [4.69, 9.17) is 5.26 Å². The Bertz CT molecular complexity index is 569. The van der Waals surface area contributed by atoms with Gasteiger partial charge in [0.15, 0.2) is 0 Å². The van der Waals surface area contributed by atoms with Crippen molar-refractivity contribution in [3.63, 3.8) is 0 Å². The number of pyridine rings is 1. The topological polar surface area (TPSA) is 107 Å². The maximum absolute atomic E-state index is 11.8. The monoisotopic (exact) mass is 242 g/mol. The molecule has 90 valence electrons. The minimum atomic E-state index is -0.330. The van der Waals surface area contributed by atoms with Crippen LogP contribution in [0.5, 0.6) is 0 Å². The Morgan fingerprint density at radius 2 is 2.33 bits per heavy atom. The first kappa shape index (κ1) is 11.7. The molecule has 0 aliphatic rings. The largest absolute Gasteiger partial charge is 0.341 e. The Morgan fingerprint density at radius 1 is 1.50 bits per heavy atom. The van der Waals surface area contributed by atoms with E-state index in [0.29, 0.717) is 11.4 Å². The van der Waals surface area contributed by atoms with Crippen molar-refractivity contribution < 1.29 is 4.79 Å². The normalized spacial score (nSPS) is 11.6. The van der Waals surface area contributed by atoms with Crippen molar-refractivity contribution in [2.45, 2.75) is 13.0 Å². The van der Waals surface area contributed by atoms with Gasteiger partial charge >= 0.3 is 0 Å². The first-order chi connectivity index (χ1) is 8.70. The van der Waals surface area contributed by atoms with Crippen molar-refractivity contribution in [1.29, 1.82) is 5.26 Å². The van der Waals surface area contributed by atoms with Crippen molar-refractivity contribution in [3.8, 4) is 6.07 Å². The molecule has 2 heterocycles. The number of hydrogen-bond acceptors (Lipinski definition) is 5. The quantitative estimate of drug-likeness (QED) is 0.817. The molecule has 0 aliphatic carbocycles. The molecule has 0 aliphatic heterocycles. The molecule has 0 fully saturated rings. The predicted molar refractivity (Wildman–Crippen MR) is 61.2 cm³/mol. The summed E-state index contributed by atoms with van der Waals surface area (Å²) >= 11 is 0. The number of carbonyl (C=O) groups excluding carboxylic acids is 1. The molecule has 2 rings (SSSR count). The SMILES string of the molecule is CC(NC(=O)c1ccc(C#N)cn1)c1ncn[nH]1. The minimum absolute atomic E-state index is 0.250. The van der Waals surface area contributed by atoms with Crippen molar-refractivity contribution in [3.05, 3.63) is 41.7 Å². The summed E-state index contributed by atoms with van der Waals surface area (Å²) in [6, 6.07) is 4.69. The van der Waals surface area contributed by atoms with Gasteiger partial charge in [-0.15, -0.1) is 0 Å². The molecule has 1 unspecified atom stereocenters. The molecule has 0 spiro atoms. The Morgan fingerprint density at radius 3 is 2.89 bits per heavy atom. The van der Waals surface area contributed by atoms with Gasteiger partial charge in [-0.05, 0) is 19.1 Å². The van der Waals surface area contributed by atoms with Gasteiger partial charge < -0.3 is 5.32 Å². The Balaban J connectivity index is 2.05. The van der Waals surface area contributed by atoms with Crippen molar-refractivity contribution in [1.82, 2.24) is 25.5 Å². The standard InChI is InChI=1S/C11H10N6O/c1-7(10-14-6-15-17-10)16-11(18)9-3-2-8(4-12)5-13-9/h2-3,5-7H,1H3,(H,16,18)(H,14,15,17). The molecule has 2 N–H and O–H groups in total. The highest BCUT2D eigenvalue weighted by Crippen LogP contribution is 2.06. The van der Waals surface area contributed by atoms with E-state index in [1.807, 2.05) is 6.07 Å². The highest BCUT2D eigenvalue weighted by Gasteiger charge is 2.14. The van der Waals surface area contributed by atoms with Crippen molar-refractivity contribution in [2.24, 2.45) is 0 Å². The fraction of sp³-hybridized carbons (Fsp3) is 0.182. The summed E-state index contributed by atoms with van der Waals surface area (Å²) in [5.41, 5.74) is 0.662. The van der Waals surface area contributed by atoms with Crippen LogP contribution in [0.15, 0.2) is 24.7 Å². The molecule has 1 amide bonds. The molecule has 0 aromatic carbocycles. The highest BCUT2D eigenvalue weighted by molar-refractivity contribution is 5.92. The zero-order chi connectivity index (χ0) is 13.0. The maximum Gasteiger partial charge on any atom is 0.270 e. The summed E-state index contributed by atoms with van der Waals surface area (Å²) in [7, 11) is 0. The lowest BCUT2D eigenvalue weighted by atomic mass is 10.2. The zero-order valence-electron chi connectivity index (χ0n) is 9.58. The van der Waals surface area contributed by atoms with Crippen LogP contribution < -0.4 is 5.32 Å². The number of amides is 1. The number of nitriles is 1. The van der Waals surface area contributed by atoms with Gasteiger partial charge in [0.2, 0.25) is 0 Å². The average Bonchev–Trinajstić information content (AvgIpc) is 2.92. The van der Waals surface area contributed by atoms with Gasteiger partial charge in [0.05, 0.1) is 11.6 Å². The van der Waals surface area contributed by atoms with Crippen LogP contribution in [-0.4, -0.2) is 26.1 Å². The third kappa shape index (κ3) is 2.49. The van der Waals surface area contributed by atoms with E-state index in [9.17, 15) is 4.79 Å². The Labute approximate surface area is 103 Å². The lowest BCUT2D eigenvalue weighted by Gasteiger charge is -2.10. The fourth-order valence-corrected chi connectivity index (χ4v) is 1.36. The zero-order valence-corrected chi connectivity index (χ0v) is 9.58. The van der Waals surface area contributed by atoms with Gasteiger partial charge in [-0.1, -0.05) is 0 Å². The van der Waals surface area contributed by atoms with Gasteiger partial charge in [0.25, 0.3) is 5.91 Å². The maximum atomic E-state index is 11.8. The summed E-state index contributed by atoms with van der Waals surface area (Å²) < 4.78 is 0. The van der Waals surface area contributed by atoms with Crippen molar-refractivity contribution in [2.75, 3.05) is 0 Å². The number of hydrogen-bond donors (Lipinski definition) is 2. The van der Waals surface area contributed by atoms with Crippen LogP contribution >= 0.6 is 0 Å². The van der Waals surface area contributed by atoms with Crippen LogP contribution in [0.4, 0.5) is 0 Å². The van der Waals surface area contributed by atoms with E-state index in [2.05, 4.69) is 25.5 Å². The number of rotatable bonds is 3. The lowest BCUT2D eigenvalue weighted by molar-refractivity contribution is 0.0933. The molecule has 7 heteroatoms. The van der Waals surface area contributed by atoms with Crippen LogP contribution in [0.2, 0.25) is 0 Å². The Kier molecular flexibility index (Phi) is 3.29. The average molecular weight is 242 g/mol. The van der Waals surface area contributed by atoms with Gasteiger partial charge in [-0.3, -0.25) is 9.89 Å². The van der Waals surface area contributed by atoms with Gasteiger partial charge in [-0.2, -0.15) is 10.4 Å². The number of nitrogens with one attached hydrogen (secondary N) is 2. The number of H-pyrrole nitrogens is 1. The van der Waals surface area contributed by atoms with Crippen LogP contribution in [0.3, 0.4) is 0 Å². The van der Waals surface area contributed by atoms with Crippen LogP contribution in [0.1, 0.15) is 34.8 Å². The van der Waals surface area contributed by atoms with Crippen molar-refractivity contribution >= 4 is 5.91 Å². The molecule has 2 aromatic heterocycles. The molecule has 0 bridgehead atoms. The molecule has 2 aromatic rings. The van der Waals surface area contributed by atoms with Gasteiger partial charge in [0.1, 0.15) is 23.9 Å². The second-order valence-electron chi connectivity index (χ2n) is 3.61. The molecule has 0 saturated heterocycles. The van der Waals surface area contributed by atoms with Crippen LogP contribution in [0, 0.1) is 11.3 Å². The van der Waals surface area contributed by atoms with E-state index < -0.39 is 0 Å². The fourth-order valence-electron chi connectivity index (χ4n) is 1.36. The number of aromatic amines is 1. The summed E-state index contributed by atoms with van der Waals surface area (Å²) in [6.45, 7) is 1.78. The molecular formula is C11H10N6O. The molecular weight excluding hydrogens is 232 g/mol. The highest BCUT2D eigenvalue weighted by atomic mass is 16.1. The first-order valence-electron chi connectivity index (χ1n) is 5.23. The molecule has 7 nitrogen and oxygen atoms in total. The summed E-state index contributed by atoms with van der Waals surface area (Å²) in [6.07, 6.45) is 2.73. The van der Waals surface area contributed by atoms with Crippen LogP contribution in [0.25, 0.3) is 0 Å². The number of aromatic nitrogens is 4. The third-order valence-electron chi connectivity index (χ3n) is 2.32. The molecule has 1 atom stereocenters. The van der Waals surface area contributed by atoms with E-state index in [0.717, 1.165) is 0 Å². The number of carbonyl (C=O) groups is 1. The summed E-state index contributed by atoms with van der Waals surface area (Å²) in [4.78, 5) is 19.7. The first-order valence-corrected chi connectivity index (χ1v) is 5.23. The summed E-state index contributed by atoms with van der Waals surface area (Å²) in [5.74, 6) is 0.236. The van der Waals surface area contributed by atoms with Gasteiger partial charge in [-0.25, -0.2) is 9.97 Å². The van der Waals surface area contributed by atoms with E-state index in [-0.39, 0.29) is 17.6 Å². The number of nitrogens with zero attached hydrogens (tertiary/aromatic N) is 4. The summed E-state index contributed by atoms with van der Waals surface area (Å²) in [5, 5.41) is 17.7. The Hall–Kier alpha value is -2.75. The smallest absolute Gasteiger partial charge is 0.270 e.